The minimum atomic E-state index is -0.176. The Morgan fingerprint density at radius 3 is 1.68 bits per heavy atom. The zero-order valence-corrected chi connectivity index (χ0v) is 11.4. The van der Waals surface area contributed by atoms with Crippen molar-refractivity contribution in [1.29, 1.82) is 0 Å². The predicted octanol–water partition coefficient (Wildman–Crippen LogP) is 2.95. The number of hydrogen-bond acceptors (Lipinski definition) is 2. The topological polar surface area (TPSA) is 20.3 Å². The highest BCUT2D eigenvalue weighted by Gasteiger charge is 2.22. The van der Waals surface area contributed by atoms with E-state index < -0.39 is 0 Å². The van der Waals surface area contributed by atoms with Gasteiger partial charge in [0.2, 0.25) is 0 Å². The van der Waals surface area contributed by atoms with Gasteiger partial charge in [-0.3, -0.25) is 4.79 Å². The third-order valence-electron chi connectivity index (χ3n) is 3.06. The molecule has 0 heterocycles. The number of likely N-dealkylation sites (N-methyl/N-ethyl adjacent to an activating group) is 1. The van der Waals surface area contributed by atoms with Crippen molar-refractivity contribution in [3.8, 4) is 0 Å². The van der Waals surface area contributed by atoms with Gasteiger partial charge in [-0.1, -0.05) is 60.7 Å². The quantitative estimate of drug-likeness (QED) is 0.816. The molecule has 2 rings (SSSR count). The predicted molar refractivity (Wildman–Crippen MR) is 78.3 cm³/mol. The maximum Gasteiger partial charge on any atom is 0.158 e. The second-order valence-electron chi connectivity index (χ2n) is 4.96. The van der Waals surface area contributed by atoms with Crippen LogP contribution >= 0.6 is 0 Å². The van der Waals surface area contributed by atoms with Crippen LogP contribution in [0.2, 0.25) is 0 Å². The zero-order chi connectivity index (χ0) is 13.7. The Morgan fingerprint density at radius 2 is 1.32 bits per heavy atom. The molecule has 2 heteroatoms. The Hall–Kier alpha value is -1.93. The molecule has 0 bridgehead atoms. The second-order valence-corrected chi connectivity index (χ2v) is 4.96. The number of ketones is 1. The van der Waals surface area contributed by atoms with Crippen LogP contribution in [-0.4, -0.2) is 31.3 Å². The van der Waals surface area contributed by atoms with E-state index >= 15 is 0 Å². The molecule has 19 heavy (non-hydrogen) atoms. The van der Waals surface area contributed by atoms with Crippen LogP contribution in [0.15, 0.2) is 60.7 Å². The fraction of sp³-hybridized carbons (Fsp3) is 0.235. The standard InChI is InChI=1S/C17H19NO/c1-18(2)13-16(19)17(14-9-5-3-6-10-14)15-11-7-4-8-12-15/h3-12,17H,13H2,1-2H3. The lowest BCUT2D eigenvalue weighted by molar-refractivity contribution is -0.120. The van der Waals surface area contributed by atoms with Crippen LogP contribution < -0.4 is 0 Å². The highest BCUT2D eigenvalue weighted by molar-refractivity contribution is 5.90. The minimum absolute atomic E-state index is 0.176. The molecule has 0 N–H and O–H groups in total. The molecular formula is C17H19NO. The molecule has 0 aliphatic heterocycles. The first-order valence-electron chi connectivity index (χ1n) is 6.46. The summed E-state index contributed by atoms with van der Waals surface area (Å²) in [5.41, 5.74) is 2.11. The second kappa shape index (κ2) is 6.30. The summed E-state index contributed by atoms with van der Waals surface area (Å²) in [6, 6.07) is 19.9. The van der Waals surface area contributed by atoms with Gasteiger partial charge in [0.1, 0.15) is 0 Å². The molecule has 2 aromatic carbocycles. The van der Waals surface area contributed by atoms with Crippen LogP contribution in [-0.2, 0) is 4.79 Å². The van der Waals surface area contributed by atoms with Crippen molar-refractivity contribution in [3.63, 3.8) is 0 Å². The van der Waals surface area contributed by atoms with E-state index in [4.69, 9.17) is 0 Å². The molecule has 0 spiro atoms. The zero-order valence-electron chi connectivity index (χ0n) is 11.4. The first kappa shape index (κ1) is 13.5. The SMILES string of the molecule is CN(C)CC(=O)C(c1ccccc1)c1ccccc1. The molecule has 0 radical (unpaired) electrons. The minimum Gasteiger partial charge on any atom is -0.302 e. The molecule has 0 aliphatic carbocycles. The number of nitrogens with zero attached hydrogens (tertiary/aromatic N) is 1. The molecule has 0 atom stereocenters. The normalized spacial score (nSPS) is 10.9. The lowest BCUT2D eigenvalue weighted by atomic mass is 9.87. The molecular weight excluding hydrogens is 234 g/mol. The molecule has 0 saturated carbocycles. The molecule has 0 saturated heterocycles. The first-order valence-corrected chi connectivity index (χ1v) is 6.46. The Kier molecular flexibility index (Phi) is 4.48. The van der Waals surface area contributed by atoms with Crippen molar-refractivity contribution >= 4 is 5.78 Å². The van der Waals surface area contributed by atoms with Gasteiger partial charge in [0, 0.05) is 0 Å². The third-order valence-corrected chi connectivity index (χ3v) is 3.06. The largest absolute Gasteiger partial charge is 0.302 e. The summed E-state index contributed by atoms with van der Waals surface area (Å²) in [7, 11) is 3.84. The van der Waals surface area contributed by atoms with Gasteiger partial charge in [-0.05, 0) is 25.2 Å². The monoisotopic (exact) mass is 253 g/mol. The Morgan fingerprint density at radius 1 is 0.895 bits per heavy atom. The summed E-state index contributed by atoms with van der Waals surface area (Å²) in [5.74, 6) is 0.0483. The molecule has 0 fully saturated rings. The van der Waals surface area contributed by atoms with Gasteiger partial charge in [-0.25, -0.2) is 0 Å². The number of carbonyl (C=O) groups is 1. The van der Waals surface area contributed by atoms with Gasteiger partial charge < -0.3 is 4.90 Å². The van der Waals surface area contributed by atoms with Crippen LogP contribution in [0.25, 0.3) is 0 Å². The molecule has 0 unspecified atom stereocenters. The van der Waals surface area contributed by atoms with Crippen LogP contribution in [0.3, 0.4) is 0 Å². The van der Waals surface area contributed by atoms with Crippen molar-refractivity contribution in [2.75, 3.05) is 20.6 Å². The number of hydrogen-bond donors (Lipinski definition) is 0. The summed E-state index contributed by atoms with van der Waals surface area (Å²) < 4.78 is 0. The van der Waals surface area contributed by atoms with E-state index in [-0.39, 0.29) is 11.7 Å². The fourth-order valence-corrected chi connectivity index (χ4v) is 2.26. The van der Waals surface area contributed by atoms with Crippen molar-refractivity contribution in [1.82, 2.24) is 4.90 Å². The summed E-state index contributed by atoms with van der Waals surface area (Å²) in [4.78, 5) is 14.4. The molecule has 0 aromatic heterocycles. The van der Waals surface area contributed by atoms with Crippen molar-refractivity contribution < 1.29 is 4.79 Å². The number of Topliss-reactive ketones (excluding diaryl/α,β-unsaturated/α-hetero) is 1. The van der Waals surface area contributed by atoms with Gasteiger partial charge >= 0.3 is 0 Å². The molecule has 98 valence electrons. The van der Waals surface area contributed by atoms with Crippen LogP contribution in [0, 0.1) is 0 Å². The van der Waals surface area contributed by atoms with E-state index in [1.54, 1.807) is 0 Å². The van der Waals surface area contributed by atoms with E-state index in [0.29, 0.717) is 6.54 Å². The highest BCUT2D eigenvalue weighted by Crippen LogP contribution is 2.25. The van der Waals surface area contributed by atoms with Crippen LogP contribution in [0.4, 0.5) is 0 Å². The highest BCUT2D eigenvalue weighted by atomic mass is 16.1. The van der Waals surface area contributed by atoms with E-state index in [1.165, 1.54) is 0 Å². The maximum atomic E-state index is 12.5. The van der Waals surface area contributed by atoms with Crippen LogP contribution in [0.5, 0.6) is 0 Å². The lowest BCUT2D eigenvalue weighted by Gasteiger charge is -2.19. The lowest BCUT2D eigenvalue weighted by Crippen LogP contribution is -2.27. The summed E-state index contributed by atoms with van der Waals surface area (Å²) in [5, 5.41) is 0. The Bertz CT molecular complexity index is 480. The fourth-order valence-electron chi connectivity index (χ4n) is 2.26. The van der Waals surface area contributed by atoms with Gasteiger partial charge in [0.15, 0.2) is 5.78 Å². The average molecular weight is 253 g/mol. The Labute approximate surface area is 114 Å². The van der Waals surface area contributed by atoms with E-state index in [0.717, 1.165) is 11.1 Å². The Balaban J connectivity index is 2.37. The van der Waals surface area contributed by atoms with Gasteiger partial charge in [-0.2, -0.15) is 0 Å². The smallest absolute Gasteiger partial charge is 0.158 e. The van der Waals surface area contributed by atoms with Gasteiger partial charge in [-0.15, -0.1) is 0 Å². The summed E-state index contributed by atoms with van der Waals surface area (Å²) in [6.45, 7) is 0.453. The summed E-state index contributed by atoms with van der Waals surface area (Å²) >= 11 is 0. The summed E-state index contributed by atoms with van der Waals surface area (Å²) in [6.07, 6.45) is 0. The third kappa shape index (κ3) is 3.52. The number of rotatable bonds is 5. The van der Waals surface area contributed by atoms with Crippen LogP contribution in [0.1, 0.15) is 17.0 Å². The van der Waals surface area contributed by atoms with Crippen molar-refractivity contribution in [2.24, 2.45) is 0 Å². The van der Waals surface area contributed by atoms with E-state index in [9.17, 15) is 4.79 Å². The van der Waals surface area contributed by atoms with E-state index in [2.05, 4.69) is 0 Å². The van der Waals surface area contributed by atoms with Crippen molar-refractivity contribution in [2.45, 2.75) is 5.92 Å². The van der Waals surface area contributed by atoms with Gasteiger partial charge in [0.25, 0.3) is 0 Å². The van der Waals surface area contributed by atoms with Crippen molar-refractivity contribution in [3.05, 3.63) is 71.8 Å². The van der Waals surface area contributed by atoms with Gasteiger partial charge in [0.05, 0.1) is 12.5 Å². The van der Waals surface area contributed by atoms with E-state index in [1.807, 2.05) is 79.7 Å². The molecule has 2 aromatic rings. The molecule has 0 aliphatic rings. The maximum absolute atomic E-state index is 12.5. The first-order chi connectivity index (χ1) is 9.18. The number of benzene rings is 2. The molecule has 0 amide bonds. The number of carbonyl (C=O) groups excluding carboxylic acids is 1. The average Bonchev–Trinajstić information content (AvgIpc) is 2.40. The molecule has 2 nitrogen and oxygen atoms in total.